The van der Waals surface area contributed by atoms with E-state index >= 15 is 0 Å². The number of aryl methyl sites for hydroxylation is 2. The number of carboxylic acids is 1. The zero-order valence-corrected chi connectivity index (χ0v) is 14.2. The number of nitrogens with zero attached hydrogens (tertiary/aromatic N) is 1. The molecule has 23 heavy (non-hydrogen) atoms. The predicted octanol–water partition coefficient (Wildman–Crippen LogP) is 3.13. The van der Waals surface area contributed by atoms with Crippen molar-refractivity contribution in [2.75, 3.05) is 0 Å². The molecule has 2 aromatic rings. The highest BCUT2D eigenvalue weighted by Crippen LogP contribution is 2.25. The molecule has 2 rings (SSSR count). The summed E-state index contributed by atoms with van der Waals surface area (Å²) in [7, 11) is 0. The van der Waals surface area contributed by atoms with Gasteiger partial charge in [0.05, 0.1) is 11.1 Å². The maximum atomic E-state index is 12.2. The van der Waals surface area contributed by atoms with Crippen LogP contribution in [0.4, 0.5) is 0 Å². The van der Waals surface area contributed by atoms with Gasteiger partial charge in [0.1, 0.15) is 5.01 Å². The van der Waals surface area contributed by atoms with Crippen molar-refractivity contribution in [1.82, 2.24) is 10.3 Å². The second kappa shape index (κ2) is 6.91. The molecular weight excluding hydrogens is 312 g/mol. The lowest BCUT2D eigenvalue weighted by Crippen LogP contribution is -2.41. The van der Waals surface area contributed by atoms with Crippen LogP contribution in [0.15, 0.2) is 30.5 Å². The summed E-state index contributed by atoms with van der Waals surface area (Å²) in [5.41, 5.74) is 0.371. The first-order chi connectivity index (χ1) is 10.8. The van der Waals surface area contributed by atoms with E-state index in [1.54, 1.807) is 41.8 Å². The fourth-order valence-corrected chi connectivity index (χ4v) is 3.13. The van der Waals surface area contributed by atoms with Crippen LogP contribution in [0.25, 0.3) is 0 Å². The lowest BCUT2D eigenvalue weighted by Gasteiger charge is -2.24. The van der Waals surface area contributed by atoms with Crippen LogP contribution < -0.4 is 5.32 Å². The number of hydrogen-bond acceptors (Lipinski definition) is 4. The van der Waals surface area contributed by atoms with Gasteiger partial charge >= 0.3 is 5.97 Å². The Morgan fingerprint density at radius 2 is 2.00 bits per heavy atom. The number of hydrogen-bond donors (Lipinski definition) is 2. The van der Waals surface area contributed by atoms with E-state index in [4.69, 9.17) is 5.11 Å². The van der Waals surface area contributed by atoms with Gasteiger partial charge in [-0.2, -0.15) is 0 Å². The molecular formula is C17H20N2O3S. The maximum Gasteiger partial charge on any atom is 0.335 e. The van der Waals surface area contributed by atoms with Gasteiger partial charge < -0.3 is 10.4 Å². The average molecular weight is 332 g/mol. The Morgan fingerprint density at radius 1 is 1.30 bits per heavy atom. The molecule has 2 N–H and O–H groups in total. The van der Waals surface area contributed by atoms with Gasteiger partial charge in [-0.3, -0.25) is 4.79 Å². The summed E-state index contributed by atoms with van der Waals surface area (Å²) in [5, 5.41) is 13.0. The number of nitrogens with one attached hydrogen (secondary N) is 1. The van der Waals surface area contributed by atoms with Crippen molar-refractivity contribution in [1.29, 1.82) is 0 Å². The Balaban J connectivity index is 1.99. The maximum absolute atomic E-state index is 12.2. The van der Waals surface area contributed by atoms with Crippen molar-refractivity contribution < 1.29 is 14.7 Å². The van der Waals surface area contributed by atoms with Crippen LogP contribution in [0.5, 0.6) is 0 Å². The fourth-order valence-electron chi connectivity index (χ4n) is 2.30. The number of rotatable bonds is 6. The predicted molar refractivity (Wildman–Crippen MR) is 89.7 cm³/mol. The highest BCUT2D eigenvalue weighted by atomic mass is 32.1. The summed E-state index contributed by atoms with van der Waals surface area (Å²) in [4.78, 5) is 28.8. The summed E-state index contributed by atoms with van der Waals surface area (Å²) in [6.45, 7) is 5.80. The number of carbonyl (C=O) groups excluding carboxylic acids is 1. The Hall–Kier alpha value is -2.21. The Labute approximate surface area is 139 Å². The lowest BCUT2D eigenvalue weighted by atomic mass is 10.0. The number of carboxylic acid groups (broad SMARTS) is 1. The molecule has 122 valence electrons. The van der Waals surface area contributed by atoms with Crippen LogP contribution in [0.2, 0.25) is 0 Å². The van der Waals surface area contributed by atoms with E-state index in [9.17, 15) is 9.59 Å². The third-order valence-corrected chi connectivity index (χ3v) is 4.71. The summed E-state index contributed by atoms with van der Waals surface area (Å²) in [5.74, 6) is -1.09. The monoisotopic (exact) mass is 332 g/mol. The van der Waals surface area contributed by atoms with Crippen LogP contribution in [-0.4, -0.2) is 22.0 Å². The van der Waals surface area contributed by atoms with Crippen LogP contribution in [-0.2, 0) is 16.8 Å². The van der Waals surface area contributed by atoms with E-state index in [1.165, 1.54) is 0 Å². The van der Waals surface area contributed by atoms with Gasteiger partial charge in [0.15, 0.2) is 0 Å². The van der Waals surface area contributed by atoms with Crippen molar-refractivity contribution in [3.05, 3.63) is 51.5 Å². The lowest BCUT2D eigenvalue weighted by molar-refractivity contribution is -0.122. The average Bonchev–Trinajstić information content (AvgIpc) is 2.92. The standard InChI is InChI=1S/C17H20N2O3S/c1-11-10-18-16(23-11)17(2,3)19-14(20)9-8-12-6-4-5-7-13(12)15(21)22/h4-7,10H,8-9H2,1-3H3,(H,19,20)(H,21,22). The zero-order valence-electron chi connectivity index (χ0n) is 13.4. The summed E-state index contributed by atoms with van der Waals surface area (Å²) in [6.07, 6.45) is 2.41. The molecule has 0 spiro atoms. The number of benzene rings is 1. The fraction of sp³-hybridized carbons (Fsp3) is 0.353. The third kappa shape index (κ3) is 4.39. The van der Waals surface area contributed by atoms with Crippen molar-refractivity contribution in [3.63, 3.8) is 0 Å². The van der Waals surface area contributed by atoms with Crippen LogP contribution in [0.1, 0.15) is 46.1 Å². The molecule has 1 aromatic heterocycles. The second-order valence-corrected chi connectivity index (χ2v) is 7.15. The van der Waals surface area contributed by atoms with Crippen LogP contribution >= 0.6 is 11.3 Å². The van der Waals surface area contributed by atoms with Gasteiger partial charge in [0, 0.05) is 17.5 Å². The second-order valence-electron chi connectivity index (χ2n) is 5.91. The molecule has 1 heterocycles. The first kappa shape index (κ1) is 17.1. The Kier molecular flexibility index (Phi) is 5.15. The number of thiazole rings is 1. The minimum absolute atomic E-state index is 0.122. The van der Waals surface area contributed by atoms with E-state index in [0.29, 0.717) is 12.0 Å². The number of aromatic nitrogens is 1. The molecule has 0 saturated carbocycles. The zero-order chi connectivity index (χ0) is 17.0. The van der Waals surface area contributed by atoms with E-state index in [0.717, 1.165) is 9.88 Å². The highest BCUT2D eigenvalue weighted by Gasteiger charge is 2.26. The largest absolute Gasteiger partial charge is 0.478 e. The topological polar surface area (TPSA) is 79.3 Å². The third-order valence-electron chi connectivity index (χ3n) is 3.48. The van der Waals surface area contributed by atoms with Crippen LogP contribution in [0.3, 0.4) is 0 Å². The van der Waals surface area contributed by atoms with Gasteiger partial charge in [-0.05, 0) is 38.8 Å². The smallest absolute Gasteiger partial charge is 0.335 e. The molecule has 0 aliphatic rings. The quantitative estimate of drug-likeness (QED) is 0.852. The highest BCUT2D eigenvalue weighted by molar-refractivity contribution is 7.11. The number of amides is 1. The van der Waals surface area contributed by atoms with Gasteiger partial charge in [-0.1, -0.05) is 18.2 Å². The van der Waals surface area contributed by atoms with E-state index < -0.39 is 11.5 Å². The SMILES string of the molecule is Cc1cnc(C(C)(C)NC(=O)CCc2ccccc2C(=O)O)s1. The van der Waals surface area contributed by atoms with Crippen LogP contribution in [0, 0.1) is 6.92 Å². The molecule has 6 heteroatoms. The minimum atomic E-state index is -0.973. The summed E-state index contributed by atoms with van der Waals surface area (Å²) in [6, 6.07) is 6.76. The van der Waals surface area contributed by atoms with E-state index in [1.807, 2.05) is 20.8 Å². The van der Waals surface area contributed by atoms with Gasteiger partial charge in [-0.15, -0.1) is 11.3 Å². The molecule has 0 fully saturated rings. The van der Waals surface area contributed by atoms with Crippen molar-refractivity contribution in [2.24, 2.45) is 0 Å². The molecule has 1 aromatic carbocycles. The Bertz CT molecular complexity index is 722. The molecule has 0 radical (unpaired) electrons. The molecule has 0 bridgehead atoms. The normalized spacial score (nSPS) is 11.3. The first-order valence-electron chi connectivity index (χ1n) is 7.35. The summed E-state index contributed by atoms with van der Waals surface area (Å²) >= 11 is 1.55. The molecule has 1 amide bonds. The Morgan fingerprint density at radius 3 is 2.61 bits per heavy atom. The minimum Gasteiger partial charge on any atom is -0.478 e. The van der Waals surface area contributed by atoms with Gasteiger partial charge in [0.25, 0.3) is 0 Å². The molecule has 0 aliphatic carbocycles. The molecule has 0 atom stereocenters. The van der Waals surface area contributed by atoms with E-state index in [-0.39, 0.29) is 17.9 Å². The molecule has 0 aliphatic heterocycles. The van der Waals surface area contributed by atoms with Gasteiger partial charge in [0.2, 0.25) is 5.91 Å². The summed E-state index contributed by atoms with van der Waals surface area (Å²) < 4.78 is 0. The van der Waals surface area contributed by atoms with Crippen molar-refractivity contribution in [3.8, 4) is 0 Å². The first-order valence-corrected chi connectivity index (χ1v) is 8.16. The van der Waals surface area contributed by atoms with Gasteiger partial charge in [-0.25, -0.2) is 9.78 Å². The molecule has 0 saturated heterocycles. The van der Waals surface area contributed by atoms with Crippen molar-refractivity contribution in [2.45, 2.75) is 39.2 Å². The van der Waals surface area contributed by atoms with Crippen molar-refractivity contribution >= 4 is 23.2 Å². The molecule has 5 nitrogen and oxygen atoms in total. The van der Waals surface area contributed by atoms with E-state index in [2.05, 4.69) is 10.3 Å². The number of aromatic carboxylic acids is 1. The molecule has 0 unspecified atom stereocenters. The number of carbonyl (C=O) groups is 2.